The number of anilines is 1. The average molecular weight is 234 g/mol. The fraction of sp³-hybridized carbons (Fsp3) is 0.500. The molecule has 1 rings (SSSR count). The second-order valence-corrected chi connectivity index (χ2v) is 4.59. The van der Waals surface area contributed by atoms with Crippen LogP contribution in [0.1, 0.15) is 49.0 Å². The Labute approximate surface area is 103 Å². The number of benzene rings is 1. The molecule has 3 N–H and O–H groups in total. The number of carbonyl (C=O) groups is 1. The Balaban J connectivity index is 2.60. The Hall–Kier alpha value is -1.51. The molecule has 1 aromatic carbocycles. The van der Waals surface area contributed by atoms with Crippen LogP contribution in [0.15, 0.2) is 18.2 Å². The van der Waals surface area contributed by atoms with Gasteiger partial charge in [0.25, 0.3) is 5.91 Å². The Morgan fingerprint density at radius 1 is 1.47 bits per heavy atom. The summed E-state index contributed by atoms with van der Waals surface area (Å²) in [6, 6.07) is 5.64. The van der Waals surface area contributed by atoms with Crippen LogP contribution in [0.4, 0.5) is 5.69 Å². The summed E-state index contributed by atoms with van der Waals surface area (Å²) in [6.07, 6.45) is 3.30. The van der Waals surface area contributed by atoms with Gasteiger partial charge in [0.1, 0.15) is 0 Å². The van der Waals surface area contributed by atoms with Gasteiger partial charge in [-0.3, -0.25) is 4.79 Å². The molecule has 1 aromatic rings. The lowest BCUT2D eigenvalue weighted by molar-refractivity contribution is 0.0938. The van der Waals surface area contributed by atoms with Crippen LogP contribution in [0.5, 0.6) is 0 Å². The molecule has 0 aliphatic heterocycles. The minimum absolute atomic E-state index is 0.0414. The lowest BCUT2D eigenvalue weighted by atomic mass is 10.1. The summed E-state index contributed by atoms with van der Waals surface area (Å²) in [7, 11) is 0. The fourth-order valence-electron chi connectivity index (χ4n) is 1.67. The maximum atomic E-state index is 11.9. The summed E-state index contributed by atoms with van der Waals surface area (Å²) < 4.78 is 0. The normalized spacial score (nSPS) is 12.2. The van der Waals surface area contributed by atoms with Crippen molar-refractivity contribution in [1.82, 2.24) is 5.32 Å². The van der Waals surface area contributed by atoms with Gasteiger partial charge in [0.2, 0.25) is 0 Å². The van der Waals surface area contributed by atoms with E-state index in [2.05, 4.69) is 12.2 Å². The number of hydrogen-bond acceptors (Lipinski definition) is 2. The number of rotatable bonds is 5. The van der Waals surface area contributed by atoms with Gasteiger partial charge < -0.3 is 11.1 Å². The van der Waals surface area contributed by atoms with Crippen LogP contribution in [0.2, 0.25) is 0 Å². The Bertz CT molecular complexity index is 388. The van der Waals surface area contributed by atoms with Gasteiger partial charge in [-0.1, -0.05) is 25.8 Å². The summed E-state index contributed by atoms with van der Waals surface area (Å²) >= 11 is 0. The molecule has 0 spiro atoms. The third kappa shape index (κ3) is 4.10. The SMILES string of the molecule is CCCCC(C)NC(=O)c1ccc(C)c(N)c1. The van der Waals surface area contributed by atoms with Gasteiger partial charge in [0.05, 0.1) is 0 Å². The van der Waals surface area contributed by atoms with Crippen molar-refractivity contribution in [2.24, 2.45) is 0 Å². The Morgan fingerprint density at radius 3 is 2.76 bits per heavy atom. The second-order valence-electron chi connectivity index (χ2n) is 4.59. The van der Waals surface area contributed by atoms with E-state index in [-0.39, 0.29) is 11.9 Å². The van der Waals surface area contributed by atoms with Crippen LogP contribution in [0.3, 0.4) is 0 Å². The van der Waals surface area contributed by atoms with E-state index < -0.39 is 0 Å². The highest BCUT2D eigenvalue weighted by atomic mass is 16.1. The first-order chi connectivity index (χ1) is 8.04. The van der Waals surface area contributed by atoms with Crippen LogP contribution in [-0.4, -0.2) is 11.9 Å². The summed E-state index contributed by atoms with van der Waals surface area (Å²) in [5.41, 5.74) is 8.09. The number of carbonyl (C=O) groups excluding carboxylic acids is 1. The zero-order valence-electron chi connectivity index (χ0n) is 10.9. The number of nitrogen functional groups attached to an aromatic ring is 1. The molecule has 0 saturated carbocycles. The summed E-state index contributed by atoms with van der Waals surface area (Å²) in [5, 5.41) is 2.98. The van der Waals surface area contributed by atoms with Crippen LogP contribution >= 0.6 is 0 Å². The number of hydrogen-bond donors (Lipinski definition) is 2. The van der Waals surface area contributed by atoms with Crippen LogP contribution < -0.4 is 11.1 Å². The number of aryl methyl sites for hydroxylation is 1. The lowest BCUT2D eigenvalue weighted by Crippen LogP contribution is -2.32. The number of unbranched alkanes of at least 4 members (excludes halogenated alkanes) is 1. The van der Waals surface area contributed by atoms with Gasteiger partial charge in [-0.05, 0) is 38.0 Å². The zero-order chi connectivity index (χ0) is 12.8. The lowest BCUT2D eigenvalue weighted by Gasteiger charge is -2.13. The molecule has 3 heteroatoms. The summed E-state index contributed by atoms with van der Waals surface area (Å²) in [4.78, 5) is 11.9. The fourth-order valence-corrected chi connectivity index (χ4v) is 1.67. The van der Waals surface area contributed by atoms with Crippen molar-refractivity contribution in [3.63, 3.8) is 0 Å². The monoisotopic (exact) mass is 234 g/mol. The minimum atomic E-state index is -0.0414. The van der Waals surface area contributed by atoms with Crippen molar-refractivity contribution >= 4 is 11.6 Å². The first-order valence-corrected chi connectivity index (χ1v) is 6.21. The molecule has 0 aromatic heterocycles. The predicted molar refractivity (Wildman–Crippen MR) is 72.0 cm³/mol. The standard InChI is InChI=1S/C14H22N2O/c1-4-5-6-11(3)16-14(17)12-8-7-10(2)13(15)9-12/h7-9,11H,4-6,15H2,1-3H3,(H,16,17). The highest BCUT2D eigenvalue weighted by molar-refractivity contribution is 5.95. The molecule has 1 unspecified atom stereocenters. The smallest absolute Gasteiger partial charge is 0.251 e. The van der Waals surface area contributed by atoms with E-state index in [1.54, 1.807) is 6.07 Å². The maximum Gasteiger partial charge on any atom is 0.251 e. The topological polar surface area (TPSA) is 55.1 Å². The molecule has 0 heterocycles. The van der Waals surface area contributed by atoms with Crippen LogP contribution in [0.25, 0.3) is 0 Å². The van der Waals surface area contributed by atoms with E-state index in [1.165, 1.54) is 0 Å². The highest BCUT2D eigenvalue weighted by Gasteiger charge is 2.10. The van der Waals surface area contributed by atoms with E-state index in [0.717, 1.165) is 24.8 Å². The first kappa shape index (κ1) is 13.6. The van der Waals surface area contributed by atoms with E-state index in [9.17, 15) is 4.79 Å². The van der Waals surface area contributed by atoms with Crippen molar-refractivity contribution in [3.05, 3.63) is 29.3 Å². The first-order valence-electron chi connectivity index (χ1n) is 6.21. The van der Waals surface area contributed by atoms with Crippen molar-refractivity contribution in [3.8, 4) is 0 Å². The molecular weight excluding hydrogens is 212 g/mol. The molecule has 3 nitrogen and oxygen atoms in total. The van der Waals surface area contributed by atoms with Gasteiger partial charge in [-0.2, -0.15) is 0 Å². The summed E-state index contributed by atoms with van der Waals surface area (Å²) in [6.45, 7) is 6.11. The molecular formula is C14H22N2O. The zero-order valence-corrected chi connectivity index (χ0v) is 10.9. The quantitative estimate of drug-likeness (QED) is 0.770. The van der Waals surface area contributed by atoms with Gasteiger partial charge in [0.15, 0.2) is 0 Å². The maximum absolute atomic E-state index is 11.9. The van der Waals surface area contributed by atoms with E-state index in [0.29, 0.717) is 11.3 Å². The summed E-state index contributed by atoms with van der Waals surface area (Å²) in [5.74, 6) is -0.0414. The van der Waals surface area contributed by atoms with Crippen molar-refractivity contribution < 1.29 is 4.79 Å². The molecule has 0 bridgehead atoms. The van der Waals surface area contributed by atoms with Crippen LogP contribution in [0, 0.1) is 6.92 Å². The van der Waals surface area contributed by atoms with Crippen molar-refractivity contribution in [2.75, 3.05) is 5.73 Å². The molecule has 0 radical (unpaired) electrons. The molecule has 1 amide bonds. The van der Waals surface area contributed by atoms with Crippen molar-refractivity contribution in [1.29, 1.82) is 0 Å². The Morgan fingerprint density at radius 2 is 2.18 bits per heavy atom. The third-order valence-corrected chi connectivity index (χ3v) is 2.91. The number of nitrogens with two attached hydrogens (primary N) is 1. The Kier molecular flexibility index (Phi) is 5.01. The second kappa shape index (κ2) is 6.28. The van der Waals surface area contributed by atoms with Gasteiger partial charge in [0, 0.05) is 17.3 Å². The van der Waals surface area contributed by atoms with E-state index in [1.807, 2.05) is 26.0 Å². The number of nitrogens with one attached hydrogen (secondary N) is 1. The van der Waals surface area contributed by atoms with Crippen molar-refractivity contribution in [2.45, 2.75) is 46.1 Å². The van der Waals surface area contributed by atoms with Gasteiger partial charge >= 0.3 is 0 Å². The molecule has 0 fully saturated rings. The largest absolute Gasteiger partial charge is 0.398 e. The van der Waals surface area contributed by atoms with E-state index >= 15 is 0 Å². The number of amides is 1. The molecule has 0 aliphatic rings. The molecule has 94 valence electrons. The van der Waals surface area contributed by atoms with Gasteiger partial charge in [-0.15, -0.1) is 0 Å². The molecule has 17 heavy (non-hydrogen) atoms. The molecule has 0 aliphatic carbocycles. The molecule has 1 atom stereocenters. The predicted octanol–water partition coefficient (Wildman–Crippen LogP) is 2.89. The highest BCUT2D eigenvalue weighted by Crippen LogP contribution is 2.13. The van der Waals surface area contributed by atoms with E-state index in [4.69, 9.17) is 5.73 Å². The average Bonchev–Trinajstić information content (AvgIpc) is 2.30. The minimum Gasteiger partial charge on any atom is -0.398 e. The van der Waals surface area contributed by atoms with Crippen LogP contribution in [-0.2, 0) is 0 Å². The third-order valence-electron chi connectivity index (χ3n) is 2.91. The molecule has 0 saturated heterocycles. The van der Waals surface area contributed by atoms with Gasteiger partial charge in [-0.25, -0.2) is 0 Å².